The molecule has 1 aliphatic rings. The second-order valence-corrected chi connectivity index (χ2v) is 5.65. The summed E-state index contributed by atoms with van der Waals surface area (Å²) >= 11 is 0. The van der Waals surface area contributed by atoms with Crippen LogP contribution in [0.4, 0.5) is 5.95 Å². The van der Waals surface area contributed by atoms with E-state index in [0.717, 1.165) is 23.4 Å². The minimum absolute atomic E-state index is 0.0863. The molecule has 1 aromatic carbocycles. The number of nitrogens with zero attached hydrogens (tertiary/aromatic N) is 4. The van der Waals surface area contributed by atoms with Crippen LogP contribution in [0.3, 0.4) is 0 Å². The quantitative estimate of drug-likeness (QED) is 0.859. The summed E-state index contributed by atoms with van der Waals surface area (Å²) in [5, 5.41) is 0. The van der Waals surface area contributed by atoms with Crippen LogP contribution in [0.5, 0.6) is 5.75 Å². The highest BCUT2D eigenvalue weighted by Crippen LogP contribution is 2.17. The summed E-state index contributed by atoms with van der Waals surface area (Å²) in [6, 6.07) is 7.81. The Balaban J connectivity index is 1.64. The standard InChI is InChI=1S/C17H20N4O2/c1-13-9-18-17(19-10-13)21-7-6-20(16(22)12-21)11-14-4-3-5-15(8-14)23-2/h3-5,8-10H,6-7,11-12H2,1-2H3. The molecule has 0 bridgehead atoms. The maximum absolute atomic E-state index is 12.4. The average Bonchev–Trinajstić information content (AvgIpc) is 2.57. The predicted molar refractivity (Wildman–Crippen MR) is 87.4 cm³/mol. The Kier molecular flexibility index (Phi) is 4.41. The fourth-order valence-electron chi connectivity index (χ4n) is 2.59. The van der Waals surface area contributed by atoms with E-state index in [0.29, 0.717) is 25.6 Å². The molecule has 0 N–H and O–H groups in total. The summed E-state index contributed by atoms with van der Waals surface area (Å²) in [6.07, 6.45) is 3.55. The van der Waals surface area contributed by atoms with Crippen molar-refractivity contribution in [2.24, 2.45) is 0 Å². The third-order valence-corrected chi connectivity index (χ3v) is 3.88. The van der Waals surface area contributed by atoms with Gasteiger partial charge in [0.2, 0.25) is 11.9 Å². The van der Waals surface area contributed by atoms with Crippen LogP contribution in [0.2, 0.25) is 0 Å². The largest absolute Gasteiger partial charge is 0.497 e. The van der Waals surface area contributed by atoms with Gasteiger partial charge in [0.1, 0.15) is 12.3 Å². The van der Waals surface area contributed by atoms with Crippen molar-refractivity contribution in [3.8, 4) is 5.75 Å². The first-order valence-electron chi connectivity index (χ1n) is 7.60. The van der Waals surface area contributed by atoms with E-state index in [1.165, 1.54) is 0 Å². The van der Waals surface area contributed by atoms with Crippen molar-refractivity contribution in [2.45, 2.75) is 13.5 Å². The molecule has 0 radical (unpaired) electrons. The fraction of sp³-hybridized carbons (Fsp3) is 0.353. The number of aryl methyl sites for hydroxylation is 1. The highest BCUT2D eigenvalue weighted by molar-refractivity contribution is 5.82. The van der Waals surface area contributed by atoms with Crippen molar-refractivity contribution >= 4 is 11.9 Å². The topological polar surface area (TPSA) is 58.6 Å². The number of rotatable bonds is 4. The molecule has 23 heavy (non-hydrogen) atoms. The molecule has 0 aliphatic carbocycles. The number of benzene rings is 1. The molecule has 3 rings (SSSR count). The number of carbonyl (C=O) groups excluding carboxylic acids is 1. The van der Waals surface area contributed by atoms with E-state index in [4.69, 9.17) is 4.74 Å². The van der Waals surface area contributed by atoms with Gasteiger partial charge in [-0.05, 0) is 30.2 Å². The summed E-state index contributed by atoms with van der Waals surface area (Å²) in [5.41, 5.74) is 2.08. The summed E-state index contributed by atoms with van der Waals surface area (Å²) in [6.45, 7) is 4.25. The molecule has 0 saturated carbocycles. The summed E-state index contributed by atoms with van der Waals surface area (Å²) in [5.74, 6) is 1.51. The number of methoxy groups -OCH3 is 1. The minimum atomic E-state index is 0.0863. The van der Waals surface area contributed by atoms with E-state index in [9.17, 15) is 4.79 Å². The Labute approximate surface area is 135 Å². The molecule has 120 valence electrons. The van der Waals surface area contributed by atoms with Crippen LogP contribution in [0, 0.1) is 6.92 Å². The van der Waals surface area contributed by atoms with Crippen molar-refractivity contribution in [1.29, 1.82) is 0 Å². The van der Waals surface area contributed by atoms with Gasteiger partial charge < -0.3 is 14.5 Å². The van der Waals surface area contributed by atoms with Gasteiger partial charge in [0.05, 0.1) is 7.11 Å². The molecule has 1 aromatic heterocycles. The molecule has 1 fully saturated rings. The van der Waals surface area contributed by atoms with Crippen molar-refractivity contribution in [3.05, 3.63) is 47.8 Å². The van der Waals surface area contributed by atoms with Crippen molar-refractivity contribution in [1.82, 2.24) is 14.9 Å². The van der Waals surface area contributed by atoms with Gasteiger partial charge in [-0.3, -0.25) is 4.79 Å². The van der Waals surface area contributed by atoms with Crippen LogP contribution in [0.25, 0.3) is 0 Å². The van der Waals surface area contributed by atoms with E-state index in [-0.39, 0.29) is 5.91 Å². The summed E-state index contributed by atoms with van der Waals surface area (Å²) in [4.78, 5) is 24.8. The molecule has 1 saturated heterocycles. The molecule has 1 amide bonds. The van der Waals surface area contributed by atoms with Gasteiger partial charge in [-0.1, -0.05) is 12.1 Å². The van der Waals surface area contributed by atoms with Crippen molar-refractivity contribution in [3.63, 3.8) is 0 Å². The highest BCUT2D eigenvalue weighted by Gasteiger charge is 2.25. The van der Waals surface area contributed by atoms with Crippen LogP contribution >= 0.6 is 0 Å². The summed E-state index contributed by atoms with van der Waals surface area (Å²) in [7, 11) is 1.64. The average molecular weight is 312 g/mol. The number of aromatic nitrogens is 2. The van der Waals surface area contributed by atoms with Gasteiger partial charge in [-0.2, -0.15) is 0 Å². The molecule has 2 aromatic rings. The van der Waals surface area contributed by atoms with E-state index < -0.39 is 0 Å². The van der Waals surface area contributed by atoms with Gasteiger partial charge in [-0.25, -0.2) is 9.97 Å². The molecular weight excluding hydrogens is 292 g/mol. The first-order valence-corrected chi connectivity index (χ1v) is 7.60. The molecule has 0 spiro atoms. The maximum Gasteiger partial charge on any atom is 0.242 e. The lowest BCUT2D eigenvalue weighted by atomic mass is 10.2. The second kappa shape index (κ2) is 6.64. The number of amides is 1. The third kappa shape index (κ3) is 3.59. The van der Waals surface area contributed by atoms with Crippen LogP contribution in [-0.4, -0.2) is 47.5 Å². The summed E-state index contributed by atoms with van der Waals surface area (Å²) < 4.78 is 5.23. The predicted octanol–water partition coefficient (Wildman–Crippen LogP) is 1.64. The lowest BCUT2D eigenvalue weighted by Gasteiger charge is -2.34. The van der Waals surface area contributed by atoms with E-state index in [1.54, 1.807) is 19.5 Å². The van der Waals surface area contributed by atoms with Gasteiger partial charge in [0.25, 0.3) is 0 Å². The van der Waals surface area contributed by atoms with Crippen LogP contribution in [0.15, 0.2) is 36.7 Å². The number of hydrogen-bond donors (Lipinski definition) is 0. The first kappa shape index (κ1) is 15.3. The van der Waals surface area contributed by atoms with Gasteiger partial charge in [0, 0.05) is 32.0 Å². The second-order valence-electron chi connectivity index (χ2n) is 5.65. The van der Waals surface area contributed by atoms with Crippen molar-refractivity contribution < 1.29 is 9.53 Å². The lowest BCUT2D eigenvalue weighted by molar-refractivity contribution is -0.131. The van der Waals surface area contributed by atoms with Gasteiger partial charge in [0.15, 0.2) is 0 Å². The van der Waals surface area contributed by atoms with Crippen LogP contribution in [-0.2, 0) is 11.3 Å². The fourth-order valence-corrected chi connectivity index (χ4v) is 2.59. The SMILES string of the molecule is COc1cccc(CN2CCN(c3ncc(C)cn3)CC2=O)c1. The number of hydrogen-bond acceptors (Lipinski definition) is 5. The zero-order chi connectivity index (χ0) is 16.2. The minimum Gasteiger partial charge on any atom is -0.497 e. The Morgan fingerprint density at radius 1 is 1.22 bits per heavy atom. The smallest absolute Gasteiger partial charge is 0.242 e. The third-order valence-electron chi connectivity index (χ3n) is 3.88. The van der Waals surface area contributed by atoms with E-state index in [2.05, 4.69) is 9.97 Å². The molecule has 0 atom stereocenters. The lowest BCUT2D eigenvalue weighted by Crippen LogP contribution is -2.50. The van der Waals surface area contributed by atoms with Crippen LogP contribution < -0.4 is 9.64 Å². The zero-order valence-electron chi connectivity index (χ0n) is 13.4. The van der Waals surface area contributed by atoms with Gasteiger partial charge in [-0.15, -0.1) is 0 Å². The Bertz CT molecular complexity index is 687. The highest BCUT2D eigenvalue weighted by atomic mass is 16.5. The molecule has 0 unspecified atom stereocenters. The van der Waals surface area contributed by atoms with E-state index >= 15 is 0 Å². The first-order chi connectivity index (χ1) is 11.2. The Hall–Kier alpha value is -2.63. The molecule has 1 aliphatic heterocycles. The normalized spacial score (nSPS) is 15.0. The van der Waals surface area contributed by atoms with Gasteiger partial charge >= 0.3 is 0 Å². The number of piperazine rings is 1. The monoisotopic (exact) mass is 312 g/mol. The van der Waals surface area contributed by atoms with E-state index in [1.807, 2.05) is 41.0 Å². The van der Waals surface area contributed by atoms with Crippen LogP contribution in [0.1, 0.15) is 11.1 Å². The maximum atomic E-state index is 12.4. The number of carbonyl (C=O) groups is 1. The molecule has 6 heteroatoms. The van der Waals surface area contributed by atoms with Crippen molar-refractivity contribution in [2.75, 3.05) is 31.6 Å². The number of anilines is 1. The Morgan fingerprint density at radius 2 is 2.00 bits per heavy atom. The molecule has 6 nitrogen and oxygen atoms in total. The zero-order valence-corrected chi connectivity index (χ0v) is 13.4. The Morgan fingerprint density at radius 3 is 2.70 bits per heavy atom. The molecular formula is C17H20N4O2. The molecule has 2 heterocycles. The number of ether oxygens (including phenoxy) is 1.